The topological polar surface area (TPSA) is 17.1 Å². The molecule has 0 amide bonds. The van der Waals surface area contributed by atoms with Crippen molar-refractivity contribution in [2.75, 3.05) is 0 Å². The van der Waals surface area contributed by atoms with Crippen LogP contribution in [0.25, 0.3) is 0 Å². The summed E-state index contributed by atoms with van der Waals surface area (Å²) in [6, 6.07) is 0. The molecule has 0 aromatic carbocycles. The summed E-state index contributed by atoms with van der Waals surface area (Å²) in [5.41, 5.74) is 3.04. The monoisotopic (exact) mass is 178 g/mol. The maximum Gasteiger partial charge on any atom is 0.142 e. The summed E-state index contributed by atoms with van der Waals surface area (Å²) >= 11 is 0. The summed E-state index contributed by atoms with van der Waals surface area (Å²) in [6.07, 6.45) is 8.11. The van der Waals surface area contributed by atoms with Crippen LogP contribution in [0.5, 0.6) is 0 Å². The van der Waals surface area contributed by atoms with Crippen LogP contribution in [-0.4, -0.2) is 6.29 Å². The van der Waals surface area contributed by atoms with Crippen molar-refractivity contribution in [2.45, 2.75) is 40.0 Å². The van der Waals surface area contributed by atoms with Gasteiger partial charge >= 0.3 is 0 Å². The Labute approximate surface area is 80.5 Å². The Hall–Kier alpha value is -0.850. The van der Waals surface area contributed by atoms with Crippen molar-refractivity contribution in [1.82, 2.24) is 0 Å². The summed E-state index contributed by atoms with van der Waals surface area (Å²) in [4.78, 5) is 10.3. The fourth-order valence-corrected chi connectivity index (χ4v) is 2.15. The lowest BCUT2D eigenvalue weighted by Crippen LogP contribution is -2.19. The Bertz CT molecular complexity index is 256. The molecule has 0 fully saturated rings. The summed E-state index contributed by atoms with van der Waals surface area (Å²) in [6.45, 7) is 6.67. The van der Waals surface area contributed by atoms with E-state index in [4.69, 9.17) is 0 Å². The van der Waals surface area contributed by atoms with Gasteiger partial charge in [-0.2, -0.15) is 0 Å². The van der Waals surface area contributed by atoms with Gasteiger partial charge in [-0.3, -0.25) is 4.79 Å². The van der Waals surface area contributed by atoms with Gasteiger partial charge in [-0.1, -0.05) is 25.5 Å². The fourth-order valence-electron chi connectivity index (χ4n) is 2.15. The van der Waals surface area contributed by atoms with Crippen LogP contribution >= 0.6 is 0 Å². The van der Waals surface area contributed by atoms with Crippen LogP contribution in [0.3, 0.4) is 0 Å². The molecule has 0 aromatic heterocycles. The average Bonchev–Trinajstić information content (AvgIpc) is 2.02. The molecule has 1 nitrogen and oxygen atoms in total. The predicted octanol–water partition coefficient (Wildman–Crippen LogP) is 3.27. The Kier molecular flexibility index (Phi) is 3.07. The molecule has 0 N–H and O–H groups in total. The standard InChI is InChI=1S/C12H18O/c1-10-6-4-8-12(2,3)11(10)7-5-9-13/h5,7,9H,4,6,8H2,1-3H3/b7-5+. The lowest BCUT2D eigenvalue weighted by atomic mass is 9.73. The van der Waals surface area contributed by atoms with Crippen LogP contribution in [0.4, 0.5) is 0 Å². The van der Waals surface area contributed by atoms with E-state index in [-0.39, 0.29) is 5.41 Å². The summed E-state index contributed by atoms with van der Waals surface area (Å²) in [7, 11) is 0. The van der Waals surface area contributed by atoms with E-state index in [9.17, 15) is 4.79 Å². The number of rotatable bonds is 2. The van der Waals surface area contributed by atoms with Crippen LogP contribution in [0.15, 0.2) is 23.3 Å². The molecular weight excluding hydrogens is 160 g/mol. The quantitative estimate of drug-likeness (QED) is 0.468. The van der Waals surface area contributed by atoms with Gasteiger partial charge in [0, 0.05) is 0 Å². The van der Waals surface area contributed by atoms with Gasteiger partial charge in [0.25, 0.3) is 0 Å². The SMILES string of the molecule is CC1=C(/C=C/C=O)C(C)(C)CCC1. The van der Waals surface area contributed by atoms with Crippen LogP contribution < -0.4 is 0 Å². The van der Waals surface area contributed by atoms with Crippen molar-refractivity contribution >= 4 is 6.29 Å². The van der Waals surface area contributed by atoms with Crippen molar-refractivity contribution < 1.29 is 4.79 Å². The maximum absolute atomic E-state index is 10.3. The normalized spacial score (nSPS) is 22.4. The van der Waals surface area contributed by atoms with Crippen molar-refractivity contribution in [3.8, 4) is 0 Å². The lowest BCUT2D eigenvalue weighted by molar-refractivity contribution is -0.104. The largest absolute Gasteiger partial charge is 0.299 e. The molecule has 13 heavy (non-hydrogen) atoms. The number of aldehydes is 1. The molecule has 1 heteroatoms. The average molecular weight is 178 g/mol. The van der Waals surface area contributed by atoms with Gasteiger partial charge in [0.15, 0.2) is 0 Å². The molecule has 0 saturated carbocycles. The smallest absolute Gasteiger partial charge is 0.142 e. The second kappa shape index (κ2) is 3.91. The first kappa shape index (κ1) is 10.2. The lowest BCUT2D eigenvalue weighted by Gasteiger charge is -2.32. The van der Waals surface area contributed by atoms with Gasteiger partial charge in [0.2, 0.25) is 0 Å². The molecule has 0 spiro atoms. The zero-order valence-electron chi connectivity index (χ0n) is 8.76. The predicted molar refractivity (Wildman–Crippen MR) is 55.5 cm³/mol. The number of allylic oxidation sites excluding steroid dienone is 4. The molecule has 0 atom stereocenters. The van der Waals surface area contributed by atoms with Crippen molar-refractivity contribution in [2.24, 2.45) is 5.41 Å². The first-order chi connectivity index (χ1) is 6.08. The molecular formula is C12H18O. The van der Waals surface area contributed by atoms with E-state index < -0.39 is 0 Å². The molecule has 72 valence electrons. The molecule has 1 aliphatic carbocycles. The number of carbonyl (C=O) groups is 1. The Morgan fingerprint density at radius 2 is 2.08 bits per heavy atom. The molecule has 0 radical (unpaired) electrons. The summed E-state index contributed by atoms with van der Waals surface area (Å²) in [5, 5.41) is 0. The van der Waals surface area contributed by atoms with E-state index in [0.29, 0.717) is 0 Å². The molecule has 1 aliphatic rings. The first-order valence-corrected chi connectivity index (χ1v) is 4.90. The Balaban J connectivity index is 2.97. The second-order valence-electron chi connectivity index (χ2n) is 4.43. The second-order valence-corrected chi connectivity index (χ2v) is 4.43. The highest BCUT2D eigenvalue weighted by molar-refractivity contribution is 5.66. The molecule has 0 bridgehead atoms. The summed E-state index contributed by atoms with van der Waals surface area (Å²) in [5.74, 6) is 0. The minimum atomic E-state index is 0.252. The molecule has 0 unspecified atom stereocenters. The van der Waals surface area contributed by atoms with Crippen LogP contribution in [-0.2, 0) is 4.79 Å². The van der Waals surface area contributed by atoms with E-state index in [0.717, 1.165) is 6.29 Å². The van der Waals surface area contributed by atoms with E-state index in [1.54, 1.807) is 6.08 Å². The molecule has 0 heterocycles. The maximum atomic E-state index is 10.3. The van der Waals surface area contributed by atoms with Crippen LogP contribution in [0, 0.1) is 5.41 Å². The van der Waals surface area contributed by atoms with Gasteiger partial charge < -0.3 is 0 Å². The van der Waals surface area contributed by atoms with Gasteiger partial charge in [-0.25, -0.2) is 0 Å². The third kappa shape index (κ3) is 2.30. The van der Waals surface area contributed by atoms with Crippen LogP contribution in [0.1, 0.15) is 40.0 Å². The highest BCUT2D eigenvalue weighted by atomic mass is 16.1. The van der Waals surface area contributed by atoms with Gasteiger partial charge in [0.05, 0.1) is 0 Å². The zero-order valence-corrected chi connectivity index (χ0v) is 8.76. The fraction of sp³-hybridized carbons (Fsp3) is 0.583. The van der Waals surface area contributed by atoms with Crippen molar-refractivity contribution in [3.63, 3.8) is 0 Å². The van der Waals surface area contributed by atoms with Crippen molar-refractivity contribution in [1.29, 1.82) is 0 Å². The van der Waals surface area contributed by atoms with Gasteiger partial charge in [-0.15, -0.1) is 0 Å². The van der Waals surface area contributed by atoms with Gasteiger partial charge in [-0.05, 0) is 43.3 Å². The van der Waals surface area contributed by atoms with Crippen molar-refractivity contribution in [3.05, 3.63) is 23.3 Å². The van der Waals surface area contributed by atoms with E-state index >= 15 is 0 Å². The summed E-state index contributed by atoms with van der Waals surface area (Å²) < 4.78 is 0. The molecule has 0 aliphatic heterocycles. The Morgan fingerprint density at radius 1 is 1.38 bits per heavy atom. The number of carbonyl (C=O) groups excluding carboxylic acids is 1. The van der Waals surface area contributed by atoms with E-state index in [1.807, 2.05) is 6.08 Å². The van der Waals surface area contributed by atoms with E-state index in [2.05, 4.69) is 20.8 Å². The Morgan fingerprint density at radius 3 is 2.62 bits per heavy atom. The minimum absolute atomic E-state index is 0.252. The molecule has 0 aromatic rings. The van der Waals surface area contributed by atoms with Crippen LogP contribution in [0.2, 0.25) is 0 Å². The minimum Gasteiger partial charge on any atom is -0.299 e. The third-order valence-electron chi connectivity index (χ3n) is 2.88. The number of hydrogen-bond acceptors (Lipinski definition) is 1. The highest BCUT2D eigenvalue weighted by Gasteiger charge is 2.26. The molecule has 1 rings (SSSR count). The number of hydrogen-bond donors (Lipinski definition) is 0. The van der Waals surface area contributed by atoms with E-state index in [1.165, 1.54) is 30.4 Å². The van der Waals surface area contributed by atoms with Gasteiger partial charge in [0.1, 0.15) is 6.29 Å². The highest BCUT2D eigenvalue weighted by Crippen LogP contribution is 2.40. The first-order valence-electron chi connectivity index (χ1n) is 4.90. The third-order valence-corrected chi connectivity index (χ3v) is 2.88. The zero-order chi connectivity index (χ0) is 9.90. The molecule has 0 saturated heterocycles.